The van der Waals surface area contributed by atoms with E-state index in [0.717, 1.165) is 19.3 Å². The van der Waals surface area contributed by atoms with Gasteiger partial charge in [-0.15, -0.1) is 0 Å². The van der Waals surface area contributed by atoms with E-state index in [4.69, 9.17) is 5.73 Å². The highest BCUT2D eigenvalue weighted by Gasteiger charge is 2.26. The molecule has 0 amide bonds. The Morgan fingerprint density at radius 3 is 2.07 bits per heavy atom. The summed E-state index contributed by atoms with van der Waals surface area (Å²) in [6.45, 7) is 10.2. The summed E-state index contributed by atoms with van der Waals surface area (Å²) in [5, 5.41) is 0. The van der Waals surface area contributed by atoms with Gasteiger partial charge in [0.2, 0.25) is 0 Å². The first-order valence-electron chi connectivity index (χ1n) is 5.55. The summed E-state index contributed by atoms with van der Waals surface area (Å²) in [4.78, 5) is 11.7. The lowest BCUT2D eigenvalue weighted by atomic mass is 9.85. The smallest absolute Gasteiger partial charge is 0.154 e. The summed E-state index contributed by atoms with van der Waals surface area (Å²) in [5.41, 5.74) is 5.55. The summed E-state index contributed by atoms with van der Waals surface area (Å²) >= 11 is 0. The molecule has 14 heavy (non-hydrogen) atoms. The van der Waals surface area contributed by atoms with Crippen LogP contribution >= 0.6 is 0 Å². The van der Waals surface area contributed by atoms with Crippen LogP contribution in [0.25, 0.3) is 0 Å². The normalized spacial score (nSPS) is 14.5. The van der Waals surface area contributed by atoms with Gasteiger partial charge >= 0.3 is 0 Å². The van der Waals surface area contributed by atoms with Crippen molar-refractivity contribution in [3.8, 4) is 0 Å². The minimum Gasteiger partial charge on any atom is -0.321 e. The maximum Gasteiger partial charge on any atom is 0.154 e. The zero-order chi connectivity index (χ0) is 11.4. The molecule has 1 atom stereocenters. The van der Waals surface area contributed by atoms with Crippen LogP contribution in [0.5, 0.6) is 0 Å². The molecule has 0 heterocycles. The Labute approximate surface area is 88.3 Å². The van der Waals surface area contributed by atoms with Crippen molar-refractivity contribution >= 4 is 5.78 Å². The SMILES string of the molecule is CC(C)CCCC(N)C(=O)C(C)(C)C. The number of Topliss-reactive ketones (excluding diaryl/α,β-unsaturated/α-hetero) is 1. The molecular weight excluding hydrogens is 174 g/mol. The molecule has 2 nitrogen and oxygen atoms in total. The Morgan fingerprint density at radius 1 is 1.21 bits per heavy atom. The number of ketones is 1. The van der Waals surface area contributed by atoms with Gasteiger partial charge in [0.05, 0.1) is 6.04 Å². The Bertz CT molecular complexity index is 179. The minimum absolute atomic E-state index is 0.182. The third-order valence-electron chi connectivity index (χ3n) is 2.37. The second-order valence-corrected chi connectivity index (χ2v) is 5.55. The molecule has 0 saturated carbocycles. The molecule has 0 aromatic carbocycles. The average Bonchev–Trinajstić information content (AvgIpc) is 2.00. The number of rotatable bonds is 5. The second-order valence-electron chi connectivity index (χ2n) is 5.55. The van der Waals surface area contributed by atoms with Crippen LogP contribution in [0.2, 0.25) is 0 Å². The van der Waals surface area contributed by atoms with E-state index in [1.807, 2.05) is 20.8 Å². The van der Waals surface area contributed by atoms with E-state index in [2.05, 4.69) is 13.8 Å². The lowest BCUT2D eigenvalue weighted by Crippen LogP contribution is -2.38. The van der Waals surface area contributed by atoms with Crippen molar-refractivity contribution in [2.75, 3.05) is 0 Å². The van der Waals surface area contributed by atoms with Gasteiger partial charge < -0.3 is 5.73 Å². The van der Waals surface area contributed by atoms with Crippen LogP contribution in [0.4, 0.5) is 0 Å². The highest BCUT2D eigenvalue weighted by Crippen LogP contribution is 2.18. The van der Waals surface area contributed by atoms with Gasteiger partial charge in [0.25, 0.3) is 0 Å². The summed E-state index contributed by atoms with van der Waals surface area (Å²) in [6, 6.07) is -0.270. The zero-order valence-corrected chi connectivity index (χ0v) is 10.3. The first kappa shape index (κ1) is 13.6. The third kappa shape index (κ3) is 5.38. The van der Waals surface area contributed by atoms with E-state index >= 15 is 0 Å². The maximum absolute atomic E-state index is 11.7. The summed E-state index contributed by atoms with van der Waals surface area (Å²) in [5.74, 6) is 0.883. The van der Waals surface area contributed by atoms with Gasteiger partial charge in [-0.05, 0) is 12.3 Å². The second kappa shape index (κ2) is 5.50. The van der Waals surface area contributed by atoms with Crippen molar-refractivity contribution in [1.82, 2.24) is 0 Å². The van der Waals surface area contributed by atoms with E-state index in [1.165, 1.54) is 0 Å². The highest BCUT2D eigenvalue weighted by atomic mass is 16.1. The molecule has 0 aliphatic rings. The lowest BCUT2D eigenvalue weighted by molar-refractivity contribution is -0.127. The van der Waals surface area contributed by atoms with Gasteiger partial charge in [0.15, 0.2) is 5.78 Å². The average molecular weight is 199 g/mol. The van der Waals surface area contributed by atoms with E-state index < -0.39 is 0 Å². The van der Waals surface area contributed by atoms with Crippen molar-refractivity contribution in [2.24, 2.45) is 17.1 Å². The van der Waals surface area contributed by atoms with E-state index in [-0.39, 0.29) is 17.2 Å². The Kier molecular flexibility index (Phi) is 5.35. The first-order chi connectivity index (χ1) is 6.25. The van der Waals surface area contributed by atoms with Gasteiger partial charge in [-0.2, -0.15) is 0 Å². The van der Waals surface area contributed by atoms with E-state index in [9.17, 15) is 4.79 Å². The fourth-order valence-electron chi connectivity index (χ4n) is 1.43. The Balaban J connectivity index is 3.86. The minimum atomic E-state index is -0.294. The summed E-state index contributed by atoms with van der Waals surface area (Å²) in [7, 11) is 0. The summed E-state index contributed by atoms with van der Waals surface area (Å²) in [6.07, 6.45) is 3.04. The molecule has 84 valence electrons. The molecular formula is C12H25NO. The Morgan fingerprint density at radius 2 is 1.71 bits per heavy atom. The fourth-order valence-corrected chi connectivity index (χ4v) is 1.43. The molecule has 0 rings (SSSR count). The molecule has 0 bridgehead atoms. The zero-order valence-electron chi connectivity index (χ0n) is 10.3. The number of carbonyl (C=O) groups excluding carboxylic acids is 1. The molecule has 0 spiro atoms. The number of nitrogens with two attached hydrogens (primary N) is 1. The summed E-state index contributed by atoms with van der Waals surface area (Å²) < 4.78 is 0. The third-order valence-corrected chi connectivity index (χ3v) is 2.37. The van der Waals surface area contributed by atoms with Gasteiger partial charge in [-0.25, -0.2) is 0 Å². The van der Waals surface area contributed by atoms with Crippen LogP contribution < -0.4 is 5.73 Å². The van der Waals surface area contributed by atoms with Gasteiger partial charge in [0.1, 0.15) is 0 Å². The largest absolute Gasteiger partial charge is 0.321 e. The molecule has 0 aliphatic carbocycles. The monoisotopic (exact) mass is 199 g/mol. The van der Waals surface area contributed by atoms with E-state index in [0.29, 0.717) is 5.92 Å². The predicted molar refractivity (Wildman–Crippen MR) is 61.1 cm³/mol. The predicted octanol–water partition coefficient (Wildman–Crippen LogP) is 2.76. The molecule has 0 saturated heterocycles. The van der Waals surface area contributed by atoms with Gasteiger partial charge in [0, 0.05) is 5.41 Å². The molecule has 0 aromatic heterocycles. The topological polar surface area (TPSA) is 43.1 Å². The number of hydrogen-bond acceptors (Lipinski definition) is 2. The van der Waals surface area contributed by atoms with Crippen molar-refractivity contribution in [2.45, 2.75) is 59.9 Å². The highest BCUT2D eigenvalue weighted by molar-refractivity contribution is 5.88. The fraction of sp³-hybridized carbons (Fsp3) is 0.917. The van der Waals surface area contributed by atoms with Crippen LogP contribution in [0.15, 0.2) is 0 Å². The lowest BCUT2D eigenvalue weighted by Gasteiger charge is -2.21. The van der Waals surface area contributed by atoms with Gasteiger partial charge in [-0.1, -0.05) is 47.5 Å². The molecule has 2 heteroatoms. The van der Waals surface area contributed by atoms with Gasteiger partial charge in [-0.3, -0.25) is 4.79 Å². The van der Waals surface area contributed by atoms with Crippen molar-refractivity contribution in [3.05, 3.63) is 0 Å². The van der Waals surface area contributed by atoms with Crippen molar-refractivity contribution in [3.63, 3.8) is 0 Å². The Hall–Kier alpha value is -0.370. The quantitative estimate of drug-likeness (QED) is 0.740. The maximum atomic E-state index is 11.7. The van der Waals surface area contributed by atoms with Crippen LogP contribution in [0.1, 0.15) is 53.9 Å². The first-order valence-corrected chi connectivity index (χ1v) is 5.55. The van der Waals surface area contributed by atoms with Crippen LogP contribution in [0.3, 0.4) is 0 Å². The number of hydrogen-bond donors (Lipinski definition) is 1. The van der Waals surface area contributed by atoms with E-state index in [1.54, 1.807) is 0 Å². The molecule has 2 N–H and O–H groups in total. The van der Waals surface area contributed by atoms with Crippen molar-refractivity contribution in [1.29, 1.82) is 0 Å². The molecule has 0 aliphatic heterocycles. The van der Waals surface area contributed by atoms with Crippen molar-refractivity contribution < 1.29 is 4.79 Å². The number of carbonyl (C=O) groups is 1. The molecule has 0 fully saturated rings. The molecule has 0 radical (unpaired) electrons. The standard InChI is InChI=1S/C12H25NO/c1-9(2)7-6-8-10(13)11(14)12(3,4)5/h9-10H,6-8,13H2,1-5H3. The molecule has 1 unspecified atom stereocenters. The van der Waals surface area contributed by atoms with Crippen LogP contribution in [-0.2, 0) is 4.79 Å². The molecule has 0 aromatic rings. The van der Waals surface area contributed by atoms with Crippen LogP contribution in [0, 0.1) is 11.3 Å². The van der Waals surface area contributed by atoms with Crippen LogP contribution in [-0.4, -0.2) is 11.8 Å².